The van der Waals surface area contributed by atoms with E-state index in [9.17, 15) is 9.90 Å². The minimum Gasteiger partial charge on any atom is -0.481 e. The van der Waals surface area contributed by atoms with Gasteiger partial charge >= 0.3 is 5.97 Å². The average Bonchev–Trinajstić information content (AvgIpc) is 2.93. The monoisotopic (exact) mass is 231 g/mol. The molecule has 0 saturated heterocycles. The van der Waals surface area contributed by atoms with Crippen molar-refractivity contribution in [1.82, 2.24) is 0 Å². The normalized spacial score (nSPS) is 25.6. The zero-order chi connectivity index (χ0) is 12.2. The molecule has 3 nitrogen and oxygen atoms in total. The van der Waals surface area contributed by atoms with Crippen LogP contribution >= 0.6 is 0 Å². The third-order valence-corrected chi connectivity index (χ3v) is 4.49. The van der Waals surface area contributed by atoms with Gasteiger partial charge in [-0.15, -0.1) is 0 Å². The Kier molecular flexibility index (Phi) is 2.03. The van der Waals surface area contributed by atoms with Crippen molar-refractivity contribution in [3.63, 3.8) is 0 Å². The second-order valence-electron chi connectivity index (χ2n) is 5.60. The van der Waals surface area contributed by atoms with Crippen LogP contribution in [0.3, 0.4) is 0 Å². The number of fused-ring (bicyclic) bond motifs is 1. The molecule has 1 spiro atoms. The van der Waals surface area contributed by atoms with E-state index in [0.717, 1.165) is 24.9 Å². The molecule has 2 aliphatic carbocycles. The van der Waals surface area contributed by atoms with Gasteiger partial charge in [-0.1, -0.05) is 13.0 Å². The summed E-state index contributed by atoms with van der Waals surface area (Å²) < 4.78 is 0. The lowest BCUT2D eigenvalue weighted by atomic mass is 9.80. The topological polar surface area (TPSA) is 63.3 Å². The summed E-state index contributed by atoms with van der Waals surface area (Å²) >= 11 is 0. The largest absolute Gasteiger partial charge is 0.481 e. The number of aliphatic carboxylic acids is 1. The number of carboxylic acid groups (broad SMARTS) is 1. The van der Waals surface area contributed by atoms with Gasteiger partial charge in [0, 0.05) is 11.6 Å². The molecular weight excluding hydrogens is 214 g/mol. The number of benzene rings is 1. The molecule has 3 heteroatoms. The van der Waals surface area contributed by atoms with Crippen LogP contribution in [0.4, 0.5) is 5.69 Å². The van der Waals surface area contributed by atoms with Gasteiger partial charge in [-0.3, -0.25) is 4.79 Å². The van der Waals surface area contributed by atoms with Crippen LogP contribution in [0.1, 0.15) is 36.8 Å². The van der Waals surface area contributed by atoms with Crippen LogP contribution in [0.2, 0.25) is 0 Å². The third-order valence-electron chi connectivity index (χ3n) is 4.49. The number of rotatable bonds is 2. The molecular formula is C14H17NO2. The minimum atomic E-state index is -0.689. The van der Waals surface area contributed by atoms with Gasteiger partial charge in [0.25, 0.3) is 0 Å². The van der Waals surface area contributed by atoms with Crippen molar-refractivity contribution in [3.05, 3.63) is 29.3 Å². The van der Waals surface area contributed by atoms with E-state index in [0.29, 0.717) is 0 Å². The average molecular weight is 231 g/mol. The van der Waals surface area contributed by atoms with E-state index in [1.165, 1.54) is 11.1 Å². The lowest BCUT2D eigenvalue weighted by Crippen LogP contribution is -2.23. The SMILES string of the molecule is CC(C(=O)O)C1c2ccc(N)cc2CC12CC2. The van der Waals surface area contributed by atoms with Crippen molar-refractivity contribution in [2.75, 3.05) is 5.73 Å². The molecule has 0 aromatic heterocycles. The summed E-state index contributed by atoms with van der Waals surface area (Å²) in [5.41, 5.74) is 9.29. The molecule has 2 atom stereocenters. The van der Waals surface area contributed by atoms with Gasteiger partial charge in [0.1, 0.15) is 0 Å². The fourth-order valence-corrected chi connectivity index (χ4v) is 3.49. The first-order chi connectivity index (χ1) is 8.03. The maximum Gasteiger partial charge on any atom is 0.306 e. The van der Waals surface area contributed by atoms with Crippen molar-refractivity contribution < 1.29 is 9.90 Å². The molecule has 3 N–H and O–H groups in total. The number of hydrogen-bond acceptors (Lipinski definition) is 2. The van der Waals surface area contributed by atoms with Gasteiger partial charge in [0.05, 0.1) is 5.92 Å². The van der Waals surface area contributed by atoms with Gasteiger partial charge in [-0.2, -0.15) is 0 Å². The fourth-order valence-electron chi connectivity index (χ4n) is 3.49. The zero-order valence-corrected chi connectivity index (χ0v) is 9.94. The highest BCUT2D eigenvalue weighted by Crippen LogP contribution is 2.65. The predicted molar refractivity (Wildman–Crippen MR) is 65.8 cm³/mol. The lowest BCUT2D eigenvalue weighted by Gasteiger charge is -2.23. The summed E-state index contributed by atoms with van der Waals surface area (Å²) in [6.45, 7) is 1.83. The molecule has 0 aliphatic heterocycles. The Morgan fingerprint density at radius 2 is 2.24 bits per heavy atom. The van der Waals surface area contributed by atoms with Crippen LogP contribution in [0, 0.1) is 11.3 Å². The summed E-state index contributed by atoms with van der Waals surface area (Å²) in [6.07, 6.45) is 3.32. The number of nitrogen functional groups attached to an aromatic ring is 1. The van der Waals surface area contributed by atoms with Gasteiger partial charge in [-0.25, -0.2) is 0 Å². The van der Waals surface area contributed by atoms with E-state index in [-0.39, 0.29) is 17.3 Å². The Hall–Kier alpha value is -1.51. The number of hydrogen-bond donors (Lipinski definition) is 2. The molecule has 17 heavy (non-hydrogen) atoms. The van der Waals surface area contributed by atoms with Crippen LogP contribution in [0.15, 0.2) is 18.2 Å². The van der Waals surface area contributed by atoms with Crippen LogP contribution in [0.5, 0.6) is 0 Å². The van der Waals surface area contributed by atoms with E-state index in [1.54, 1.807) is 0 Å². The summed E-state index contributed by atoms with van der Waals surface area (Å²) in [7, 11) is 0. The van der Waals surface area contributed by atoms with E-state index in [2.05, 4.69) is 0 Å². The molecule has 0 radical (unpaired) electrons. The quantitative estimate of drug-likeness (QED) is 0.768. The van der Waals surface area contributed by atoms with Crippen molar-refractivity contribution in [2.24, 2.45) is 11.3 Å². The van der Waals surface area contributed by atoms with E-state index >= 15 is 0 Å². The van der Waals surface area contributed by atoms with Crippen molar-refractivity contribution >= 4 is 11.7 Å². The van der Waals surface area contributed by atoms with E-state index < -0.39 is 5.97 Å². The Labute approximate surface area is 101 Å². The van der Waals surface area contributed by atoms with Crippen molar-refractivity contribution in [1.29, 1.82) is 0 Å². The van der Waals surface area contributed by atoms with Gasteiger partial charge in [0.2, 0.25) is 0 Å². The molecule has 0 heterocycles. The second-order valence-corrected chi connectivity index (χ2v) is 5.60. The lowest BCUT2D eigenvalue weighted by molar-refractivity contribution is -0.142. The Balaban J connectivity index is 2.06. The van der Waals surface area contributed by atoms with Crippen LogP contribution in [-0.4, -0.2) is 11.1 Å². The van der Waals surface area contributed by atoms with E-state index in [1.807, 2.05) is 25.1 Å². The van der Waals surface area contributed by atoms with Crippen molar-refractivity contribution in [2.45, 2.75) is 32.1 Å². The molecule has 3 rings (SSSR count). The summed E-state index contributed by atoms with van der Waals surface area (Å²) in [4.78, 5) is 11.3. The first-order valence-electron chi connectivity index (χ1n) is 6.15. The first kappa shape index (κ1) is 10.6. The number of anilines is 1. The molecule has 1 aromatic rings. The first-order valence-corrected chi connectivity index (χ1v) is 6.15. The smallest absolute Gasteiger partial charge is 0.306 e. The fraction of sp³-hybridized carbons (Fsp3) is 0.500. The molecule has 90 valence electrons. The maximum atomic E-state index is 11.3. The zero-order valence-electron chi connectivity index (χ0n) is 9.94. The predicted octanol–water partition coefficient (Wildman–Crippen LogP) is 2.41. The van der Waals surface area contributed by atoms with Gasteiger partial charge in [-0.05, 0) is 47.9 Å². The highest BCUT2D eigenvalue weighted by atomic mass is 16.4. The van der Waals surface area contributed by atoms with Gasteiger partial charge in [0.15, 0.2) is 0 Å². The standard InChI is InChI=1S/C14H17NO2/c1-8(13(16)17)12-11-3-2-10(15)6-9(11)7-14(12)4-5-14/h2-3,6,8,12H,4-5,7,15H2,1H3,(H,16,17). The molecule has 0 amide bonds. The molecule has 1 saturated carbocycles. The Morgan fingerprint density at radius 3 is 2.82 bits per heavy atom. The Morgan fingerprint density at radius 1 is 1.53 bits per heavy atom. The number of carbonyl (C=O) groups is 1. The summed E-state index contributed by atoms with van der Waals surface area (Å²) in [5.74, 6) is -0.816. The highest BCUT2D eigenvalue weighted by Gasteiger charge is 2.56. The molecule has 2 unspecified atom stereocenters. The maximum absolute atomic E-state index is 11.3. The molecule has 1 aromatic carbocycles. The highest BCUT2D eigenvalue weighted by molar-refractivity contribution is 5.72. The second kappa shape index (κ2) is 3.25. The van der Waals surface area contributed by atoms with Crippen LogP contribution < -0.4 is 5.73 Å². The van der Waals surface area contributed by atoms with E-state index in [4.69, 9.17) is 5.73 Å². The summed E-state index contributed by atoms with van der Waals surface area (Å²) in [5, 5.41) is 9.26. The third kappa shape index (κ3) is 1.45. The van der Waals surface area contributed by atoms with Crippen LogP contribution in [-0.2, 0) is 11.2 Å². The Bertz CT molecular complexity index is 491. The van der Waals surface area contributed by atoms with Crippen molar-refractivity contribution in [3.8, 4) is 0 Å². The summed E-state index contributed by atoms with van der Waals surface area (Å²) in [6, 6.07) is 5.94. The van der Waals surface area contributed by atoms with Gasteiger partial charge < -0.3 is 10.8 Å². The minimum absolute atomic E-state index is 0.176. The molecule has 1 fully saturated rings. The number of carboxylic acids is 1. The molecule has 2 aliphatic rings. The van der Waals surface area contributed by atoms with Crippen LogP contribution in [0.25, 0.3) is 0 Å². The molecule has 0 bridgehead atoms. The number of nitrogens with two attached hydrogens (primary N) is 1.